The fourth-order valence-electron chi connectivity index (χ4n) is 21.8. The zero-order chi connectivity index (χ0) is 83.0. The minimum Gasteiger partial charge on any atom is -0.309 e. The van der Waals surface area contributed by atoms with Crippen LogP contribution in [0.2, 0.25) is 0 Å². The fraction of sp³-hybridized carbons (Fsp3) is 0.0164. The minimum atomic E-state index is -0.428. The molecule has 4 heteroatoms. The summed E-state index contributed by atoms with van der Waals surface area (Å²) in [6.07, 6.45) is 0. The van der Waals surface area contributed by atoms with E-state index in [1.165, 1.54) is 198 Å². The van der Waals surface area contributed by atoms with Gasteiger partial charge >= 0.3 is 0 Å². The summed E-state index contributed by atoms with van der Waals surface area (Å²) in [5.74, 6) is 0. The van der Waals surface area contributed by atoms with Crippen LogP contribution < -0.4 is 0 Å². The number of rotatable bonds is 12. The van der Waals surface area contributed by atoms with Crippen LogP contribution in [0.4, 0.5) is 0 Å². The van der Waals surface area contributed by atoms with Gasteiger partial charge in [-0.3, -0.25) is 0 Å². The zero-order valence-corrected chi connectivity index (χ0v) is 69.0. The summed E-state index contributed by atoms with van der Waals surface area (Å²) in [5, 5.41) is 9.97. The van der Waals surface area contributed by atoms with Crippen molar-refractivity contribution in [3.05, 3.63) is 530 Å². The highest BCUT2D eigenvalue weighted by molar-refractivity contribution is 6.15. The van der Waals surface area contributed by atoms with Crippen molar-refractivity contribution >= 4 is 87.2 Å². The predicted molar refractivity (Wildman–Crippen MR) is 527 cm³/mol. The van der Waals surface area contributed by atoms with E-state index in [0.29, 0.717) is 0 Å². The molecule has 0 aliphatic heterocycles. The molecule has 588 valence electrons. The fourth-order valence-corrected chi connectivity index (χ4v) is 21.8. The molecule has 4 nitrogen and oxygen atoms in total. The van der Waals surface area contributed by atoms with Gasteiger partial charge in [-0.1, -0.05) is 364 Å². The molecule has 2 aliphatic carbocycles. The van der Waals surface area contributed by atoms with Gasteiger partial charge in [0, 0.05) is 65.8 Å². The predicted octanol–water partition coefficient (Wildman–Crippen LogP) is 31.2. The van der Waals surface area contributed by atoms with Gasteiger partial charge in [0.2, 0.25) is 0 Å². The molecule has 20 aromatic carbocycles. The Morgan fingerprint density at radius 3 is 0.683 bits per heavy atom. The van der Waals surface area contributed by atoms with Crippen molar-refractivity contribution in [1.82, 2.24) is 18.3 Å². The zero-order valence-electron chi connectivity index (χ0n) is 69.0. The van der Waals surface area contributed by atoms with Crippen molar-refractivity contribution in [3.8, 4) is 89.5 Å². The molecular weight excluding hydrogens is 1520 g/mol. The van der Waals surface area contributed by atoms with Crippen molar-refractivity contribution < 1.29 is 0 Å². The Balaban J connectivity index is 0.000000137. The van der Waals surface area contributed by atoms with Crippen molar-refractivity contribution in [3.63, 3.8) is 0 Å². The van der Waals surface area contributed by atoms with Crippen molar-refractivity contribution in [1.29, 1.82) is 0 Å². The van der Waals surface area contributed by atoms with Crippen molar-refractivity contribution in [2.24, 2.45) is 0 Å². The van der Waals surface area contributed by atoms with Crippen molar-refractivity contribution in [2.45, 2.75) is 10.8 Å². The van der Waals surface area contributed by atoms with Gasteiger partial charge in [0.05, 0.1) is 55.0 Å². The van der Waals surface area contributed by atoms with Gasteiger partial charge in [-0.25, -0.2) is 0 Å². The second kappa shape index (κ2) is 29.2. The van der Waals surface area contributed by atoms with Crippen LogP contribution in [-0.4, -0.2) is 18.3 Å². The van der Waals surface area contributed by atoms with E-state index < -0.39 is 10.8 Å². The van der Waals surface area contributed by atoms with Gasteiger partial charge in [0.1, 0.15) is 0 Å². The number of para-hydroxylation sites is 4. The summed E-state index contributed by atoms with van der Waals surface area (Å²) in [6, 6.07) is 179. The molecule has 0 bridgehead atoms. The first-order valence-electron chi connectivity index (χ1n) is 43.7. The first kappa shape index (κ1) is 72.4. The van der Waals surface area contributed by atoms with E-state index in [2.05, 4.69) is 504 Å². The van der Waals surface area contributed by atoms with Crippen LogP contribution in [0.25, 0.3) is 177 Å². The Morgan fingerprint density at radius 2 is 0.349 bits per heavy atom. The van der Waals surface area contributed by atoms with Crippen LogP contribution in [0.3, 0.4) is 0 Å². The van der Waals surface area contributed by atoms with Crippen LogP contribution in [0.15, 0.2) is 485 Å². The topological polar surface area (TPSA) is 19.7 Å². The van der Waals surface area contributed by atoms with Crippen LogP contribution >= 0.6 is 0 Å². The lowest BCUT2D eigenvalue weighted by Gasteiger charge is -2.34. The van der Waals surface area contributed by atoms with Gasteiger partial charge in [-0.15, -0.1) is 0 Å². The summed E-state index contributed by atoms with van der Waals surface area (Å²) in [5.41, 5.74) is 38.6. The minimum absolute atomic E-state index is 0.427. The summed E-state index contributed by atoms with van der Waals surface area (Å²) in [4.78, 5) is 0. The highest BCUT2D eigenvalue weighted by Crippen LogP contribution is 2.58. The van der Waals surface area contributed by atoms with Crippen LogP contribution in [-0.2, 0) is 10.8 Å². The summed E-state index contributed by atoms with van der Waals surface area (Å²) in [7, 11) is 0. The quantitative estimate of drug-likeness (QED) is 0.116. The number of aromatic nitrogens is 4. The second-order valence-corrected chi connectivity index (χ2v) is 33.7. The Morgan fingerprint density at radius 1 is 0.127 bits per heavy atom. The summed E-state index contributed by atoms with van der Waals surface area (Å²) in [6.45, 7) is 0. The molecule has 0 N–H and O–H groups in total. The maximum Gasteiger partial charge on any atom is 0.0713 e. The number of hydrogen-bond donors (Lipinski definition) is 0. The summed E-state index contributed by atoms with van der Waals surface area (Å²) < 4.78 is 9.68. The normalized spacial score (nSPS) is 12.9. The highest BCUT2D eigenvalue weighted by Gasteiger charge is 2.47. The second-order valence-electron chi connectivity index (χ2n) is 33.7. The molecule has 0 amide bonds. The van der Waals surface area contributed by atoms with Gasteiger partial charge in [-0.2, -0.15) is 0 Å². The third kappa shape index (κ3) is 11.1. The van der Waals surface area contributed by atoms with E-state index in [1.54, 1.807) is 0 Å². The Bertz CT molecular complexity index is 8330. The third-order valence-electron chi connectivity index (χ3n) is 27.2. The van der Waals surface area contributed by atoms with Gasteiger partial charge in [0.15, 0.2) is 0 Å². The molecule has 4 heterocycles. The Labute approximate surface area is 730 Å². The Hall–Kier alpha value is -16.4. The van der Waals surface area contributed by atoms with E-state index in [0.717, 1.165) is 22.7 Å². The van der Waals surface area contributed by atoms with Crippen LogP contribution in [0.5, 0.6) is 0 Å². The third-order valence-corrected chi connectivity index (χ3v) is 27.2. The number of fused-ring (bicyclic) bond motifs is 18. The van der Waals surface area contributed by atoms with Gasteiger partial charge in [-0.05, 0) is 233 Å². The average molecular weight is 1600 g/mol. The van der Waals surface area contributed by atoms with E-state index in [4.69, 9.17) is 0 Å². The van der Waals surface area contributed by atoms with E-state index in [1.807, 2.05) is 0 Å². The average Bonchev–Trinajstić information content (AvgIpc) is 1.54. The summed E-state index contributed by atoms with van der Waals surface area (Å²) >= 11 is 0. The van der Waals surface area contributed by atoms with Gasteiger partial charge < -0.3 is 18.3 Å². The molecule has 0 saturated heterocycles. The lowest BCUT2D eigenvalue weighted by Crippen LogP contribution is -2.28. The molecule has 0 saturated carbocycles. The van der Waals surface area contributed by atoms with Gasteiger partial charge in [0.25, 0.3) is 0 Å². The smallest absolute Gasteiger partial charge is 0.0713 e. The largest absolute Gasteiger partial charge is 0.309 e. The highest BCUT2D eigenvalue weighted by atomic mass is 15.0. The van der Waals surface area contributed by atoms with E-state index in [-0.39, 0.29) is 0 Å². The molecule has 0 spiro atoms. The maximum absolute atomic E-state index is 2.43. The molecule has 0 radical (unpaired) electrons. The lowest BCUT2D eigenvalue weighted by molar-refractivity contribution is 0.768. The standard InChI is InChI=1S/2C61H40N2/c1-3-16-41(17-4-1)42-18-15-21-48(38-42)63-58-29-14-10-25-52(58)54-40-44(31-37-60(54)63)43-30-36-59-53(39-43)51-24-9-13-28-57(51)62(59)47-34-32-46(33-35-47)61(45-19-5-2-6-20-45)55-26-11-7-22-49(55)50-23-8-12-27-56(50)61;1-3-15-41(16-4-1)42-27-33-47(34-28-42)62-57-25-13-9-21-51(57)53-39-43(29-37-59(53)62)44-30-38-60-54(40-44)52-22-10-14-26-58(52)63(60)48-35-31-46(32-36-48)61(45-17-5-2-6-18-45)55-23-11-7-19-49(55)50-20-8-12-24-56(50)61/h2*1-40H. The van der Waals surface area contributed by atoms with Crippen LogP contribution in [0.1, 0.15) is 44.5 Å². The number of hydrogen-bond acceptors (Lipinski definition) is 0. The molecule has 126 heavy (non-hydrogen) atoms. The van der Waals surface area contributed by atoms with E-state index >= 15 is 0 Å². The number of benzene rings is 20. The molecule has 4 aromatic heterocycles. The molecule has 0 fully saturated rings. The monoisotopic (exact) mass is 1600 g/mol. The molecule has 2 aliphatic rings. The molecule has 0 atom stereocenters. The lowest BCUT2D eigenvalue weighted by atomic mass is 9.68. The Kier molecular flexibility index (Phi) is 16.8. The number of nitrogens with zero attached hydrogens (tertiary/aromatic N) is 4. The maximum atomic E-state index is 2.43. The SMILES string of the molecule is c1ccc(-c2ccc(-n3c4ccccc4c4cc(-c5ccc6c(c5)c5ccccc5n6-c5ccc(C6(c7ccccc7)c7ccccc7-c7ccccc76)cc5)ccc43)cc2)cc1.c1ccc(-c2cccc(-n3c4ccccc4c4cc(-c5ccc6c(c5)c5ccccc5n6-c5ccc(C6(c7ccccc7)c7ccccc7-c7ccccc76)cc5)ccc43)c2)cc1. The first-order chi connectivity index (χ1) is 62.5. The van der Waals surface area contributed by atoms with Crippen LogP contribution in [0, 0.1) is 0 Å². The molecule has 26 rings (SSSR count). The molecule has 0 unspecified atom stereocenters. The molecular formula is C122H80N4. The van der Waals surface area contributed by atoms with Crippen molar-refractivity contribution in [2.75, 3.05) is 0 Å². The first-order valence-corrected chi connectivity index (χ1v) is 43.7. The molecule has 24 aromatic rings. The van der Waals surface area contributed by atoms with E-state index in [9.17, 15) is 0 Å².